The van der Waals surface area contributed by atoms with Crippen LogP contribution >= 0.6 is 11.6 Å². The molecular formula is C4H8ClF3N2O. The first-order valence-electron chi connectivity index (χ1n) is 2.52. The largest absolute Gasteiger partial charge is 0.379 e. The highest BCUT2D eigenvalue weighted by Gasteiger charge is 1.86. The van der Waals surface area contributed by atoms with E-state index < -0.39 is 12.7 Å². The van der Waals surface area contributed by atoms with Gasteiger partial charge in [0.15, 0.2) is 0 Å². The van der Waals surface area contributed by atoms with Crippen LogP contribution in [-0.4, -0.2) is 25.1 Å². The van der Waals surface area contributed by atoms with Crippen LogP contribution in [0.3, 0.4) is 0 Å². The van der Waals surface area contributed by atoms with Gasteiger partial charge in [-0.1, -0.05) is 0 Å². The molecule has 0 spiro atoms. The van der Waals surface area contributed by atoms with E-state index in [1.807, 2.05) is 0 Å². The van der Waals surface area contributed by atoms with Crippen LogP contribution in [0.25, 0.3) is 0 Å². The molecular weight excluding hydrogens is 185 g/mol. The van der Waals surface area contributed by atoms with Crippen molar-refractivity contribution in [1.29, 1.82) is 0 Å². The van der Waals surface area contributed by atoms with E-state index in [0.717, 1.165) is 0 Å². The number of amides is 2. The highest BCUT2D eigenvalue weighted by molar-refractivity contribution is 6.18. The van der Waals surface area contributed by atoms with Crippen molar-refractivity contribution in [3.63, 3.8) is 0 Å². The monoisotopic (exact) mass is 192 g/mol. The van der Waals surface area contributed by atoms with Crippen LogP contribution in [0.15, 0.2) is 0 Å². The van der Waals surface area contributed by atoms with Crippen molar-refractivity contribution in [1.82, 2.24) is 5.32 Å². The molecule has 0 aromatic rings. The van der Waals surface area contributed by atoms with Gasteiger partial charge in [0.25, 0.3) is 0 Å². The summed E-state index contributed by atoms with van der Waals surface area (Å²) in [6.45, 7) is -3.23. The van der Waals surface area contributed by atoms with E-state index in [1.54, 1.807) is 0 Å². The van der Waals surface area contributed by atoms with Gasteiger partial charge in [-0.2, -0.15) is 13.2 Å². The second kappa shape index (κ2) is 9.35. The van der Waals surface area contributed by atoms with Crippen molar-refractivity contribution in [2.45, 2.75) is 6.68 Å². The minimum atomic E-state index is -3.67. The highest BCUT2D eigenvalue weighted by atomic mass is 35.5. The SMILES string of the molecule is FC(F)F.NC(=O)NCCCl. The molecule has 0 radical (unpaired) electrons. The number of nitrogens with one attached hydrogen (secondary N) is 1. The van der Waals surface area contributed by atoms with E-state index >= 15 is 0 Å². The standard InChI is InChI=1S/C3H7ClN2O.CHF3/c4-1-2-6-3(5)7;2-1(3)4/h1-2H2,(H3,5,6,7);1H. The molecule has 0 aliphatic rings. The Morgan fingerprint density at radius 1 is 1.55 bits per heavy atom. The average molecular weight is 193 g/mol. The van der Waals surface area contributed by atoms with E-state index in [4.69, 9.17) is 11.6 Å². The Morgan fingerprint density at radius 2 is 1.91 bits per heavy atom. The molecule has 3 nitrogen and oxygen atoms in total. The number of hydrogen-bond donors (Lipinski definition) is 2. The van der Waals surface area contributed by atoms with Crippen molar-refractivity contribution < 1.29 is 18.0 Å². The van der Waals surface area contributed by atoms with Crippen LogP contribution in [0, 0.1) is 0 Å². The normalized spacial score (nSPS) is 8.45. The summed E-state index contributed by atoms with van der Waals surface area (Å²) in [5.41, 5.74) is 4.67. The highest BCUT2D eigenvalue weighted by Crippen LogP contribution is 1.87. The van der Waals surface area contributed by atoms with Gasteiger partial charge in [-0.05, 0) is 0 Å². The lowest BCUT2D eigenvalue weighted by Crippen LogP contribution is -2.30. The Balaban J connectivity index is 0. The van der Waals surface area contributed by atoms with Crippen molar-refractivity contribution in [2.24, 2.45) is 5.73 Å². The summed E-state index contributed by atoms with van der Waals surface area (Å²) in [7, 11) is 0. The molecule has 0 bridgehead atoms. The minimum Gasteiger partial charge on any atom is -0.352 e. The average Bonchev–Trinajstić information content (AvgIpc) is 1.82. The molecule has 0 saturated carbocycles. The van der Waals surface area contributed by atoms with Crippen LogP contribution in [-0.2, 0) is 0 Å². The molecule has 0 aliphatic heterocycles. The van der Waals surface area contributed by atoms with Gasteiger partial charge in [-0.3, -0.25) is 0 Å². The zero-order valence-corrected chi connectivity index (χ0v) is 6.24. The second-order valence-electron chi connectivity index (χ2n) is 1.23. The third-order valence-corrected chi connectivity index (χ3v) is 0.583. The van der Waals surface area contributed by atoms with Gasteiger partial charge in [-0.25, -0.2) is 4.79 Å². The van der Waals surface area contributed by atoms with Gasteiger partial charge in [-0.15, -0.1) is 11.6 Å². The summed E-state index contributed by atoms with van der Waals surface area (Å²) in [6.07, 6.45) is 0. The number of nitrogens with two attached hydrogens (primary N) is 1. The van der Waals surface area contributed by atoms with Crippen molar-refractivity contribution >= 4 is 17.6 Å². The molecule has 0 atom stereocenters. The molecule has 0 aromatic heterocycles. The van der Waals surface area contributed by atoms with Crippen LogP contribution in [0.5, 0.6) is 0 Å². The van der Waals surface area contributed by atoms with Crippen LogP contribution in [0.4, 0.5) is 18.0 Å². The first kappa shape index (κ1) is 13.0. The number of alkyl halides is 4. The molecule has 0 heterocycles. The van der Waals surface area contributed by atoms with Gasteiger partial charge < -0.3 is 11.1 Å². The molecule has 0 fully saturated rings. The lowest BCUT2D eigenvalue weighted by molar-refractivity contribution is 0.00819. The number of carbonyl (C=O) groups is 1. The van der Waals surface area contributed by atoms with Gasteiger partial charge in [0.1, 0.15) is 0 Å². The van der Waals surface area contributed by atoms with E-state index in [2.05, 4.69) is 11.1 Å². The van der Waals surface area contributed by atoms with E-state index in [1.165, 1.54) is 0 Å². The van der Waals surface area contributed by atoms with E-state index in [9.17, 15) is 18.0 Å². The van der Waals surface area contributed by atoms with Crippen molar-refractivity contribution in [3.8, 4) is 0 Å². The van der Waals surface area contributed by atoms with Crippen molar-refractivity contribution in [3.05, 3.63) is 0 Å². The number of urea groups is 1. The van der Waals surface area contributed by atoms with Gasteiger partial charge in [0.05, 0.1) is 0 Å². The minimum absolute atomic E-state index is 0.406. The third kappa shape index (κ3) is 45.0. The summed E-state index contributed by atoms with van der Waals surface area (Å²) >= 11 is 5.18. The van der Waals surface area contributed by atoms with Gasteiger partial charge in [0, 0.05) is 12.4 Å². The summed E-state index contributed by atoms with van der Waals surface area (Å²) in [6, 6.07) is -0.527. The molecule has 7 heteroatoms. The zero-order chi connectivity index (χ0) is 9.28. The Labute approximate surface area is 66.7 Å². The maximum atomic E-state index is 9.81. The number of carbonyl (C=O) groups excluding carboxylic acids is 1. The number of halogens is 4. The number of rotatable bonds is 2. The predicted octanol–water partition coefficient (Wildman–Crippen LogP) is 1.07. The molecule has 3 N–H and O–H groups in total. The molecule has 0 saturated heterocycles. The fourth-order valence-electron chi connectivity index (χ4n) is 0.170. The van der Waals surface area contributed by atoms with E-state index in [0.29, 0.717) is 12.4 Å². The Morgan fingerprint density at radius 3 is 2.00 bits per heavy atom. The maximum absolute atomic E-state index is 9.81. The molecule has 0 aliphatic carbocycles. The smallest absolute Gasteiger partial charge is 0.352 e. The molecule has 0 aromatic carbocycles. The summed E-state index contributed by atoms with van der Waals surface area (Å²) in [4.78, 5) is 9.81. The lowest BCUT2D eigenvalue weighted by atomic mass is 10.7. The quantitative estimate of drug-likeness (QED) is 0.632. The third-order valence-electron chi connectivity index (χ3n) is 0.394. The lowest BCUT2D eigenvalue weighted by Gasteiger charge is -1.92. The van der Waals surface area contributed by atoms with E-state index in [-0.39, 0.29) is 0 Å². The Kier molecular flexibility index (Phi) is 11.0. The molecule has 2 amide bonds. The summed E-state index contributed by atoms with van der Waals surface area (Å²) in [5.74, 6) is 0.406. The molecule has 0 rings (SSSR count). The maximum Gasteiger partial charge on any atom is 0.379 e. The molecule has 0 unspecified atom stereocenters. The summed E-state index contributed by atoms with van der Waals surface area (Å²) in [5, 5.41) is 2.30. The van der Waals surface area contributed by atoms with Crippen molar-refractivity contribution in [2.75, 3.05) is 12.4 Å². The predicted molar refractivity (Wildman–Crippen MR) is 35.4 cm³/mol. The topological polar surface area (TPSA) is 55.1 Å². The van der Waals surface area contributed by atoms with Gasteiger partial charge in [0.2, 0.25) is 0 Å². The first-order chi connectivity index (χ1) is 5.00. The number of primary amides is 1. The summed E-state index contributed by atoms with van der Waals surface area (Å²) < 4.78 is 29.0. The fourth-order valence-corrected chi connectivity index (χ4v) is 0.265. The fraction of sp³-hybridized carbons (Fsp3) is 0.750. The van der Waals surface area contributed by atoms with Gasteiger partial charge >= 0.3 is 12.7 Å². The molecule has 68 valence electrons. The molecule has 11 heavy (non-hydrogen) atoms. The zero-order valence-electron chi connectivity index (χ0n) is 5.49. The second-order valence-corrected chi connectivity index (χ2v) is 1.61. The Hall–Kier alpha value is -0.650. The van der Waals surface area contributed by atoms with Crippen LogP contribution in [0.1, 0.15) is 0 Å². The van der Waals surface area contributed by atoms with Crippen LogP contribution < -0.4 is 11.1 Å². The number of hydrogen-bond acceptors (Lipinski definition) is 1. The van der Waals surface area contributed by atoms with Crippen LogP contribution in [0.2, 0.25) is 0 Å². The first-order valence-corrected chi connectivity index (χ1v) is 3.05. The Bertz CT molecular complexity index is 101.